The standard InChI is InChI=1S/C20H39NO3/c1-4-5-6-7-8-9-10-11-12-13-14-15-16-17-19(22)24-20(23)18(2)21-3/h18,21H,4-17H2,1-3H3/t18-/m0/s1. The van der Waals surface area contributed by atoms with Crippen LogP contribution in [0.4, 0.5) is 0 Å². The van der Waals surface area contributed by atoms with Gasteiger partial charge in [-0.05, 0) is 20.4 Å². The Labute approximate surface area is 149 Å². The van der Waals surface area contributed by atoms with Crippen LogP contribution in [0.5, 0.6) is 0 Å². The van der Waals surface area contributed by atoms with Crippen molar-refractivity contribution >= 4 is 11.9 Å². The van der Waals surface area contributed by atoms with Crippen molar-refractivity contribution in [3.63, 3.8) is 0 Å². The van der Waals surface area contributed by atoms with Gasteiger partial charge in [-0.2, -0.15) is 0 Å². The van der Waals surface area contributed by atoms with E-state index in [0.29, 0.717) is 6.42 Å². The number of nitrogens with one attached hydrogen (secondary N) is 1. The molecule has 0 aliphatic rings. The van der Waals surface area contributed by atoms with Crippen LogP contribution in [0, 0.1) is 0 Å². The van der Waals surface area contributed by atoms with Crippen molar-refractivity contribution in [3.05, 3.63) is 0 Å². The fourth-order valence-corrected chi connectivity index (χ4v) is 2.66. The highest BCUT2D eigenvalue weighted by Crippen LogP contribution is 2.13. The topological polar surface area (TPSA) is 55.4 Å². The zero-order valence-electron chi connectivity index (χ0n) is 16.2. The highest BCUT2D eigenvalue weighted by Gasteiger charge is 2.15. The fourth-order valence-electron chi connectivity index (χ4n) is 2.66. The van der Waals surface area contributed by atoms with E-state index in [1.54, 1.807) is 14.0 Å². The molecule has 142 valence electrons. The van der Waals surface area contributed by atoms with Gasteiger partial charge in [0, 0.05) is 6.42 Å². The zero-order valence-corrected chi connectivity index (χ0v) is 16.2. The summed E-state index contributed by atoms with van der Waals surface area (Å²) in [5, 5.41) is 2.76. The van der Waals surface area contributed by atoms with Gasteiger partial charge in [-0.1, -0.05) is 84.0 Å². The van der Waals surface area contributed by atoms with Crippen LogP contribution in [0.15, 0.2) is 0 Å². The van der Waals surface area contributed by atoms with Crippen molar-refractivity contribution in [3.8, 4) is 0 Å². The molecular weight excluding hydrogens is 302 g/mol. The van der Waals surface area contributed by atoms with Crippen LogP contribution in [0.25, 0.3) is 0 Å². The second-order valence-electron chi connectivity index (χ2n) is 6.80. The van der Waals surface area contributed by atoms with Gasteiger partial charge in [-0.3, -0.25) is 4.79 Å². The highest BCUT2D eigenvalue weighted by molar-refractivity contribution is 5.88. The second-order valence-corrected chi connectivity index (χ2v) is 6.80. The predicted octanol–water partition coefficient (Wildman–Crippen LogP) is 5.15. The Kier molecular flexibility index (Phi) is 16.3. The van der Waals surface area contributed by atoms with E-state index in [1.165, 1.54) is 70.6 Å². The van der Waals surface area contributed by atoms with Gasteiger partial charge in [-0.15, -0.1) is 0 Å². The van der Waals surface area contributed by atoms with Gasteiger partial charge in [0.15, 0.2) is 0 Å². The summed E-state index contributed by atoms with van der Waals surface area (Å²) < 4.78 is 4.77. The Hall–Kier alpha value is -0.900. The third-order valence-corrected chi connectivity index (χ3v) is 4.49. The number of carbonyl (C=O) groups is 2. The summed E-state index contributed by atoms with van der Waals surface area (Å²) in [5.41, 5.74) is 0. The van der Waals surface area contributed by atoms with Crippen LogP contribution < -0.4 is 5.32 Å². The summed E-state index contributed by atoms with van der Waals surface area (Å²) in [4.78, 5) is 22.9. The number of hydrogen-bond donors (Lipinski definition) is 1. The molecule has 0 aromatic carbocycles. The lowest BCUT2D eigenvalue weighted by Gasteiger charge is -2.08. The Morgan fingerprint density at radius 2 is 1.21 bits per heavy atom. The number of carbonyl (C=O) groups excluding carboxylic acids is 2. The average molecular weight is 342 g/mol. The minimum absolute atomic E-state index is 0.347. The van der Waals surface area contributed by atoms with Crippen LogP contribution in [0.1, 0.15) is 104 Å². The lowest BCUT2D eigenvalue weighted by atomic mass is 10.0. The molecule has 0 rings (SSSR count). The van der Waals surface area contributed by atoms with Gasteiger partial charge in [0.2, 0.25) is 0 Å². The third kappa shape index (κ3) is 14.7. The van der Waals surface area contributed by atoms with E-state index >= 15 is 0 Å². The van der Waals surface area contributed by atoms with Crippen LogP contribution in [-0.2, 0) is 14.3 Å². The van der Waals surface area contributed by atoms with Crippen molar-refractivity contribution in [2.45, 2.75) is 110 Å². The molecule has 0 bridgehead atoms. The molecule has 0 aliphatic heterocycles. The van der Waals surface area contributed by atoms with Gasteiger partial charge >= 0.3 is 11.9 Å². The summed E-state index contributed by atoms with van der Waals surface area (Å²) >= 11 is 0. The number of rotatable bonds is 16. The van der Waals surface area contributed by atoms with Gasteiger partial charge in [0.05, 0.1) is 0 Å². The molecule has 0 radical (unpaired) electrons. The summed E-state index contributed by atoms with van der Waals surface area (Å²) in [6, 6.07) is -0.430. The largest absolute Gasteiger partial charge is 0.392 e. The molecule has 0 unspecified atom stereocenters. The number of unbranched alkanes of at least 4 members (excludes halogenated alkanes) is 12. The van der Waals surface area contributed by atoms with E-state index in [-0.39, 0.29) is 0 Å². The predicted molar refractivity (Wildman–Crippen MR) is 99.9 cm³/mol. The van der Waals surface area contributed by atoms with E-state index in [1.807, 2.05) is 0 Å². The van der Waals surface area contributed by atoms with Crippen LogP contribution >= 0.6 is 0 Å². The first-order valence-electron chi connectivity index (χ1n) is 10.0. The van der Waals surface area contributed by atoms with Crippen LogP contribution in [-0.4, -0.2) is 25.0 Å². The van der Waals surface area contributed by atoms with Gasteiger partial charge < -0.3 is 10.1 Å². The molecule has 0 aromatic heterocycles. The zero-order chi connectivity index (χ0) is 18.0. The van der Waals surface area contributed by atoms with E-state index in [2.05, 4.69) is 12.2 Å². The molecule has 4 nitrogen and oxygen atoms in total. The molecule has 4 heteroatoms. The van der Waals surface area contributed by atoms with Crippen molar-refractivity contribution in [2.75, 3.05) is 7.05 Å². The van der Waals surface area contributed by atoms with Crippen molar-refractivity contribution in [2.24, 2.45) is 0 Å². The van der Waals surface area contributed by atoms with Gasteiger partial charge in [0.1, 0.15) is 6.04 Å². The average Bonchev–Trinajstić information content (AvgIpc) is 2.58. The Bertz CT molecular complexity index is 318. The molecule has 0 saturated heterocycles. The fraction of sp³-hybridized carbons (Fsp3) is 0.900. The number of ether oxygens (including phenoxy) is 1. The molecular formula is C20H39NO3. The van der Waals surface area contributed by atoms with Crippen molar-refractivity contribution in [1.82, 2.24) is 5.32 Å². The first-order valence-corrected chi connectivity index (χ1v) is 10.0. The maximum Gasteiger partial charge on any atom is 0.330 e. The summed E-state index contributed by atoms with van der Waals surface area (Å²) in [5.74, 6) is -0.887. The van der Waals surface area contributed by atoms with E-state index in [0.717, 1.165) is 12.8 Å². The minimum atomic E-state index is -0.489. The number of esters is 2. The monoisotopic (exact) mass is 341 g/mol. The normalized spacial score (nSPS) is 12.1. The second kappa shape index (κ2) is 16.9. The lowest BCUT2D eigenvalue weighted by Crippen LogP contribution is -2.33. The number of hydrogen-bond acceptors (Lipinski definition) is 4. The Balaban J connectivity index is 3.27. The summed E-state index contributed by atoms with van der Waals surface area (Å²) in [6.45, 7) is 3.94. The molecule has 0 heterocycles. The molecule has 1 atom stereocenters. The van der Waals surface area contributed by atoms with Crippen molar-refractivity contribution in [1.29, 1.82) is 0 Å². The Morgan fingerprint density at radius 3 is 1.62 bits per heavy atom. The minimum Gasteiger partial charge on any atom is -0.392 e. The highest BCUT2D eigenvalue weighted by atomic mass is 16.6. The SMILES string of the molecule is CCCCCCCCCCCCCCCC(=O)OC(=O)[C@H](C)NC. The first-order chi connectivity index (χ1) is 11.6. The van der Waals surface area contributed by atoms with E-state index in [9.17, 15) is 9.59 Å². The lowest BCUT2D eigenvalue weighted by molar-refractivity contribution is -0.160. The molecule has 1 N–H and O–H groups in total. The maximum atomic E-state index is 11.5. The quantitative estimate of drug-likeness (QED) is 0.240. The first kappa shape index (κ1) is 23.1. The Morgan fingerprint density at radius 1 is 0.792 bits per heavy atom. The molecule has 0 amide bonds. The maximum absolute atomic E-state index is 11.5. The number of likely N-dealkylation sites (N-methyl/N-ethyl adjacent to an activating group) is 1. The summed E-state index contributed by atoms with van der Waals surface area (Å²) in [7, 11) is 1.67. The van der Waals surface area contributed by atoms with Gasteiger partial charge in [-0.25, -0.2) is 4.79 Å². The molecule has 0 fully saturated rings. The third-order valence-electron chi connectivity index (χ3n) is 4.49. The van der Waals surface area contributed by atoms with Crippen molar-refractivity contribution < 1.29 is 14.3 Å². The van der Waals surface area contributed by atoms with E-state index in [4.69, 9.17) is 4.74 Å². The summed E-state index contributed by atoms with van der Waals surface area (Å²) in [6.07, 6.45) is 16.9. The molecule has 0 aromatic rings. The molecule has 24 heavy (non-hydrogen) atoms. The van der Waals surface area contributed by atoms with Crippen LogP contribution in [0.3, 0.4) is 0 Å². The molecule has 0 aliphatic carbocycles. The molecule has 0 spiro atoms. The van der Waals surface area contributed by atoms with E-state index < -0.39 is 18.0 Å². The van der Waals surface area contributed by atoms with Crippen LogP contribution in [0.2, 0.25) is 0 Å². The molecule has 0 saturated carbocycles. The smallest absolute Gasteiger partial charge is 0.330 e. The van der Waals surface area contributed by atoms with Gasteiger partial charge in [0.25, 0.3) is 0 Å².